The number of carbonyl (C=O) groups excluding carboxylic acids is 1. The lowest BCUT2D eigenvalue weighted by molar-refractivity contribution is -0.114. The molecule has 1 aliphatic carbocycles. The topological polar surface area (TPSA) is 91.7 Å². The van der Waals surface area contributed by atoms with Gasteiger partial charge in [-0.3, -0.25) is 9.69 Å². The number of nitrogens with one attached hydrogen (secondary N) is 2. The molecular weight excluding hydrogens is 505 g/mol. The summed E-state index contributed by atoms with van der Waals surface area (Å²) in [7, 11) is 1.95. The highest BCUT2D eigenvalue weighted by Crippen LogP contribution is 2.52. The van der Waals surface area contributed by atoms with Crippen LogP contribution in [0.2, 0.25) is 0 Å². The summed E-state index contributed by atoms with van der Waals surface area (Å²) in [5.41, 5.74) is 3.99. The predicted molar refractivity (Wildman–Crippen MR) is 154 cm³/mol. The van der Waals surface area contributed by atoms with E-state index in [1.54, 1.807) is 6.33 Å². The van der Waals surface area contributed by atoms with Gasteiger partial charge in [0.1, 0.15) is 18.0 Å². The van der Waals surface area contributed by atoms with Gasteiger partial charge in [-0.15, -0.1) is 10.2 Å². The second kappa shape index (κ2) is 10.1. The van der Waals surface area contributed by atoms with Gasteiger partial charge < -0.3 is 14.9 Å². The number of hydrogen-bond donors (Lipinski definition) is 2. The number of aromatic amines is 1. The van der Waals surface area contributed by atoms with Crippen molar-refractivity contribution in [2.24, 2.45) is 18.9 Å². The van der Waals surface area contributed by atoms with Gasteiger partial charge >= 0.3 is 0 Å². The van der Waals surface area contributed by atoms with Crippen LogP contribution in [0, 0.1) is 24.6 Å². The van der Waals surface area contributed by atoms with Crippen molar-refractivity contribution in [1.29, 1.82) is 0 Å². The maximum Gasteiger partial charge on any atom is 0.222 e. The Morgan fingerprint density at radius 1 is 1.20 bits per heavy atom. The molecule has 4 aromatic rings. The summed E-state index contributed by atoms with van der Waals surface area (Å²) in [4.78, 5) is 22.6. The fourth-order valence-corrected chi connectivity index (χ4v) is 7.01. The molecule has 1 aliphatic heterocycles. The van der Waals surface area contributed by atoms with E-state index >= 15 is 4.39 Å². The second-order valence-electron chi connectivity index (χ2n) is 12.3. The van der Waals surface area contributed by atoms with Crippen LogP contribution >= 0.6 is 0 Å². The molecule has 0 unspecified atom stereocenters. The molecule has 1 atom stereocenters. The molecule has 2 N–H and O–H groups in total. The number of carbonyl (C=O) groups is 1. The quantitative estimate of drug-likeness (QED) is 0.325. The average Bonchev–Trinajstić information content (AvgIpc) is 3.50. The summed E-state index contributed by atoms with van der Waals surface area (Å²) in [6.45, 7) is 10.9. The first-order valence-electron chi connectivity index (χ1n) is 14.3. The molecule has 8 nitrogen and oxygen atoms in total. The molecule has 210 valence electrons. The normalized spacial score (nSPS) is 23.4. The van der Waals surface area contributed by atoms with Crippen LogP contribution in [-0.4, -0.2) is 48.6 Å². The Bertz CT molecular complexity index is 1580. The van der Waals surface area contributed by atoms with Gasteiger partial charge in [-0.05, 0) is 86.4 Å². The fourth-order valence-electron chi connectivity index (χ4n) is 7.01. The first kappa shape index (κ1) is 26.6. The molecule has 3 aromatic heterocycles. The monoisotopic (exact) mass is 543 g/mol. The fraction of sp³-hybridized carbons (Fsp3) is 0.484. The van der Waals surface area contributed by atoms with Crippen molar-refractivity contribution in [1.82, 2.24) is 29.6 Å². The maximum atomic E-state index is 16.3. The van der Waals surface area contributed by atoms with E-state index < -0.39 is 0 Å². The first-order valence-corrected chi connectivity index (χ1v) is 14.3. The Morgan fingerprint density at radius 3 is 2.67 bits per heavy atom. The highest BCUT2D eigenvalue weighted by atomic mass is 19.1. The number of benzene rings is 1. The van der Waals surface area contributed by atoms with Crippen LogP contribution in [0.4, 0.5) is 10.2 Å². The van der Waals surface area contributed by atoms with Crippen molar-refractivity contribution >= 4 is 22.6 Å². The number of anilines is 1. The molecule has 0 bridgehead atoms. The van der Waals surface area contributed by atoms with Crippen LogP contribution in [-0.2, 0) is 23.8 Å². The SMILES string of the molecule is CC(=O)Nc1cc(C2(c3nncn3C)CC(C)C2)cc(-c2cc(C)c3cc(CN4CCC[C@H](C)C4)[nH]c3c2F)n1. The lowest BCUT2D eigenvalue weighted by Gasteiger charge is -2.46. The van der Waals surface area contributed by atoms with Gasteiger partial charge in [-0.1, -0.05) is 13.8 Å². The van der Waals surface area contributed by atoms with Gasteiger partial charge in [0.05, 0.1) is 16.6 Å². The standard InChI is InChI=1S/C31H38FN7O/c1-18-7-6-8-39(15-18)16-23-12-24-20(3)9-25(28(32)29(24)35-23)26-10-22(11-27(36-26)34-21(4)40)31(13-19(2)14-31)30-37-33-17-38(30)5/h9-12,17-19,35H,6-8,13-16H2,1-5H3,(H,34,36,40)/t18-,19?,31?/m0/s1. The third-order valence-corrected chi connectivity index (χ3v) is 8.74. The van der Waals surface area contributed by atoms with E-state index in [4.69, 9.17) is 4.98 Å². The number of pyridine rings is 1. The van der Waals surface area contributed by atoms with Crippen molar-refractivity contribution in [3.8, 4) is 11.3 Å². The van der Waals surface area contributed by atoms with Gasteiger partial charge in [0.2, 0.25) is 5.91 Å². The van der Waals surface area contributed by atoms with Crippen LogP contribution in [0.5, 0.6) is 0 Å². The average molecular weight is 544 g/mol. The number of piperidine rings is 1. The second-order valence-corrected chi connectivity index (χ2v) is 12.3. The minimum atomic E-state index is -0.379. The predicted octanol–water partition coefficient (Wildman–Crippen LogP) is 5.71. The van der Waals surface area contributed by atoms with Crippen molar-refractivity contribution < 1.29 is 9.18 Å². The van der Waals surface area contributed by atoms with Gasteiger partial charge in [-0.2, -0.15) is 0 Å². The molecule has 4 heterocycles. The number of likely N-dealkylation sites (tertiary alicyclic amines) is 1. The lowest BCUT2D eigenvalue weighted by atomic mass is 9.58. The highest BCUT2D eigenvalue weighted by Gasteiger charge is 2.48. The summed E-state index contributed by atoms with van der Waals surface area (Å²) < 4.78 is 18.3. The smallest absolute Gasteiger partial charge is 0.222 e. The number of amides is 1. The lowest BCUT2D eigenvalue weighted by Crippen LogP contribution is -2.43. The Morgan fingerprint density at radius 2 is 2.00 bits per heavy atom. The van der Waals surface area contributed by atoms with E-state index in [-0.39, 0.29) is 17.1 Å². The third kappa shape index (κ3) is 4.70. The van der Waals surface area contributed by atoms with Crippen LogP contribution in [0.15, 0.2) is 30.6 Å². The largest absolute Gasteiger partial charge is 0.355 e. The number of fused-ring (bicyclic) bond motifs is 1. The van der Waals surface area contributed by atoms with E-state index in [9.17, 15) is 4.79 Å². The third-order valence-electron chi connectivity index (χ3n) is 8.74. The van der Waals surface area contributed by atoms with Gasteiger partial charge in [0.15, 0.2) is 5.82 Å². The maximum absolute atomic E-state index is 16.3. The summed E-state index contributed by atoms with van der Waals surface area (Å²) in [5, 5.41) is 12.3. The zero-order chi connectivity index (χ0) is 28.2. The van der Waals surface area contributed by atoms with E-state index in [1.165, 1.54) is 19.8 Å². The molecule has 1 saturated heterocycles. The summed E-state index contributed by atoms with van der Waals surface area (Å²) in [6.07, 6.45) is 5.95. The Balaban J connectivity index is 1.45. The number of H-pyrrole nitrogens is 1. The first-order chi connectivity index (χ1) is 19.1. The van der Waals surface area contributed by atoms with E-state index in [0.29, 0.717) is 34.4 Å². The molecule has 9 heteroatoms. The van der Waals surface area contributed by atoms with Crippen LogP contribution in [0.25, 0.3) is 22.2 Å². The van der Waals surface area contributed by atoms with E-state index in [2.05, 4.69) is 45.3 Å². The van der Waals surface area contributed by atoms with Crippen LogP contribution in [0.3, 0.4) is 0 Å². The summed E-state index contributed by atoms with van der Waals surface area (Å²) in [6, 6.07) is 7.83. The molecule has 6 rings (SSSR count). The summed E-state index contributed by atoms with van der Waals surface area (Å²) >= 11 is 0. The van der Waals surface area contributed by atoms with E-state index in [0.717, 1.165) is 60.5 Å². The number of nitrogens with zero attached hydrogens (tertiary/aromatic N) is 5. The molecule has 1 saturated carbocycles. The number of aromatic nitrogens is 5. The van der Waals surface area contributed by atoms with Crippen LogP contribution < -0.4 is 5.32 Å². The number of halogens is 1. The molecule has 2 fully saturated rings. The highest BCUT2D eigenvalue weighted by molar-refractivity contribution is 5.90. The molecule has 0 radical (unpaired) electrons. The molecule has 2 aliphatic rings. The zero-order valence-corrected chi connectivity index (χ0v) is 24.0. The molecule has 1 amide bonds. The Labute approximate surface area is 234 Å². The minimum absolute atomic E-state index is 0.224. The van der Waals surface area contributed by atoms with E-state index in [1.807, 2.05) is 36.7 Å². The number of aryl methyl sites for hydroxylation is 2. The van der Waals surface area contributed by atoms with Gasteiger partial charge in [0, 0.05) is 43.7 Å². The number of hydrogen-bond acceptors (Lipinski definition) is 5. The molecule has 1 aromatic carbocycles. The van der Waals surface area contributed by atoms with Crippen LogP contribution in [0.1, 0.15) is 69.1 Å². The number of rotatable bonds is 6. The Hall–Kier alpha value is -3.59. The van der Waals surface area contributed by atoms with Crippen molar-refractivity contribution in [2.75, 3.05) is 18.4 Å². The molecular formula is C31H38FN7O. The van der Waals surface area contributed by atoms with Gasteiger partial charge in [0.25, 0.3) is 0 Å². The molecule has 40 heavy (non-hydrogen) atoms. The van der Waals surface area contributed by atoms with Crippen molar-refractivity contribution in [3.05, 3.63) is 59.1 Å². The Kier molecular flexibility index (Phi) is 6.73. The summed E-state index contributed by atoms with van der Waals surface area (Å²) in [5.74, 6) is 1.91. The molecule has 0 spiro atoms. The minimum Gasteiger partial charge on any atom is -0.355 e. The van der Waals surface area contributed by atoms with Crippen molar-refractivity contribution in [3.63, 3.8) is 0 Å². The van der Waals surface area contributed by atoms with Gasteiger partial charge in [-0.25, -0.2) is 9.37 Å². The zero-order valence-electron chi connectivity index (χ0n) is 24.0. The van der Waals surface area contributed by atoms with Crippen molar-refractivity contribution in [2.45, 2.75) is 65.3 Å².